The minimum absolute atomic E-state index is 0.0852. The number of nitrogens with zero attached hydrogens (tertiary/aromatic N) is 5. The lowest BCUT2D eigenvalue weighted by Crippen LogP contribution is -2.49. The number of amides is 1. The summed E-state index contributed by atoms with van der Waals surface area (Å²) in [5.41, 5.74) is 2.20. The van der Waals surface area contributed by atoms with Crippen molar-refractivity contribution < 1.29 is 13.7 Å². The zero-order valence-corrected chi connectivity index (χ0v) is 20.2. The van der Waals surface area contributed by atoms with Crippen LogP contribution in [-0.2, 0) is 6.42 Å². The molecule has 0 spiro atoms. The zero-order chi connectivity index (χ0) is 24.5. The smallest absolute Gasteiger partial charge is 0.289 e. The molecule has 1 aliphatic heterocycles. The summed E-state index contributed by atoms with van der Waals surface area (Å²) in [5, 5.41) is 7.57. The first-order chi connectivity index (χ1) is 17.7. The largest absolute Gasteiger partial charge is 0.459 e. The fourth-order valence-corrected chi connectivity index (χ4v) is 4.77. The van der Waals surface area contributed by atoms with Gasteiger partial charge < -0.3 is 18.7 Å². The Morgan fingerprint density at radius 2 is 1.81 bits per heavy atom. The predicted octanol–water partition coefficient (Wildman–Crippen LogP) is 5.34. The molecule has 1 fully saturated rings. The molecule has 0 unspecified atom stereocenters. The SMILES string of the molecule is CCCCc1nc(N2CCN(C(=O)c3ccco3)CC2)c2c(-c3ccc4ccccc4c3)noc2n1. The molecule has 0 radical (unpaired) electrons. The Morgan fingerprint density at radius 1 is 0.972 bits per heavy atom. The van der Waals surface area contributed by atoms with Crippen LogP contribution in [0.1, 0.15) is 36.1 Å². The molecule has 0 atom stereocenters. The Bertz CT molecular complexity index is 1520. The van der Waals surface area contributed by atoms with Crippen LogP contribution in [0, 0.1) is 0 Å². The van der Waals surface area contributed by atoms with E-state index in [1.54, 1.807) is 12.1 Å². The second kappa shape index (κ2) is 9.45. The van der Waals surface area contributed by atoms with Crippen molar-refractivity contribution in [2.24, 2.45) is 0 Å². The van der Waals surface area contributed by atoms with Gasteiger partial charge in [0.25, 0.3) is 11.6 Å². The first-order valence-electron chi connectivity index (χ1n) is 12.4. The van der Waals surface area contributed by atoms with Crippen LogP contribution in [-0.4, -0.2) is 52.1 Å². The van der Waals surface area contributed by atoms with E-state index in [0.717, 1.165) is 52.9 Å². The maximum atomic E-state index is 12.8. The van der Waals surface area contributed by atoms with Gasteiger partial charge in [-0.3, -0.25) is 4.79 Å². The summed E-state index contributed by atoms with van der Waals surface area (Å²) in [7, 11) is 0. The summed E-state index contributed by atoms with van der Waals surface area (Å²) in [6.45, 7) is 4.60. The number of hydrogen-bond donors (Lipinski definition) is 0. The van der Waals surface area contributed by atoms with Gasteiger partial charge >= 0.3 is 0 Å². The van der Waals surface area contributed by atoms with Gasteiger partial charge in [0.1, 0.15) is 22.7 Å². The minimum atomic E-state index is -0.0852. The molecule has 0 saturated carbocycles. The third kappa shape index (κ3) is 4.08. The van der Waals surface area contributed by atoms with Crippen molar-refractivity contribution in [3.63, 3.8) is 0 Å². The van der Waals surface area contributed by atoms with Crippen molar-refractivity contribution in [3.8, 4) is 11.3 Å². The second-order valence-corrected chi connectivity index (χ2v) is 9.10. The molecule has 0 aliphatic carbocycles. The molecule has 5 aromatic rings. The highest BCUT2D eigenvalue weighted by Gasteiger charge is 2.28. The number of piperazine rings is 1. The molecule has 1 saturated heterocycles. The molecule has 0 bridgehead atoms. The highest BCUT2D eigenvalue weighted by molar-refractivity contribution is 6.00. The first kappa shape index (κ1) is 22.3. The molecule has 182 valence electrons. The van der Waals surface area contributed by atoms with Crippen LogP contribution < -0.4 is 4.90 Å². The van der Waals surface area contributed by atoms with Crippen molar-refractivity contribution >= 4 is 33.6 Å². The number of hydrogen-bond acceptors (Lipinski definition) is 7. The highest BCUT2D eigenvalue weighted by atomic mass is 16.5. The standard InChI is InChI=1S/C28H27N5O3/c1-2-3-10-23-29-26(32-13-15-33(16-14-32)28(34)22-9-6-17-35-22)24-25(31-36-27(24)30-23)21-12-11-19-7-4-5-8-20(19)18-21/h4-9,11-12,17-18H,2-3,10,13-16H2,1H3. The molecule has 6 rings (SSSR count). The highest BCUT2D eigenvalue weighted by Crippen LogP contribution is 2.35. The number of fused-ring (bicyclic) bond motifs is 2. The van der Waals surface area contributed by atoms with Crippen LogP contribution in [0.25, 0.3) is 33.1 Å². The molecule has 0 N–H and O–H groups in total. The van der Waals surface area contributed by atoms with Gasteiger partial charge in [-0.05, 0) is 35.4 Å². The van der Waals surface area contributed by atoms with Crippen LogP contribution in [0.5, 0.6) is 0 Å². The minimum Gasteiger partial charge on any atom is -0.459 e. The lowest BCUT2D eigenvalue weighted by Gasteiger charge is -2.35. The molecule has 2 aromatic carbocycles. The molecular formula is C28H27N5O3. The Hall–Kier alpha value is -4.20. The van der Waals surface area contributed by atoms with E-state index in [1.807, 2.05) is 17.0 Å². The van der Waals surface area contributed by atoms with Crippen molar-refractivity contribution in [1.29, 1.82) is 0 Å². The van der Waals surface area contributed by atoms with E-state index < -0.39 is 0 Å². The third-order valence-corrected chi connectivity index (χ3v) is 6.74. The number of aryl methyl sites for hydroxylation is 1. The van der Waals surface area contributed by atoms with Gasteiger partial charge in [-0.15, -0.1) is 0 Å². The maximum absolute atomic E-state index is 12.8. The maximum Gasteiger partial charge on any atom is 0.289 e. The van der Waals surface area contributed by atoms with Gasteiger partial charge in [0.15, 0.2) is 5.76 Å². The molecule has 1 aliphatic rings. The number of aromatic nitrogens is 3. The first-order valence-corrected chi connectivity index (χ1v) is 12.4. The summed E-state index contributed by atoms with van der Waals surface area (Å²) >= 11 is 0. The molecule has 4 heterocycles. The summed E-state index contributed by atoms with van der Waals surface area (Å²) < 4.78 is 11.1. The van der Waals surface area contributed by atoms with Crippen molar-refractivity contribution in [1.82, 2.24) is 20.0 Å². The molecule has 36 heavy (non-hydrogen) atoms. The lowest BCUT2D eigenvalue weighted by atomic mass is 10.0. The number of rotatable bonds is 6. The lowest BCUT2D eigenvalue weighted by molar-refractivity contribution is 0.0714. The fraction of sp³-hybridized carbons (Fsp3) is 0.286. The topological polar surface area (TPSA) is 88.5 Å². The van der Waals surface area contributed by atoms with Crippen molar-refractivity contribution in [2.75, 3.05) is 31.1 Å². The third-order valence-electron chi connectivity index (χ3n) is 6.74. The number of carbonyl (C=O) groups is 1. The quantitative estimate of drug-likeness (QED) is 0.324. The summed E-state index contributed by atoms with van der Waals surface area (Å²) in [4.78, 5) is 26.5. The Balaban J connectivity index is 1.37. The number of benzene rings is 2. The average molecular weight is 482 g/mol. The van der Waals surface area contributed by atoms with Crippen LogP contribution in [0.2, 0.25) is 0 Å². The van der Waals surface area contributed by atoms with E-state index in [1.165, 1.54) is 11.6 Å². The molecule has 8 heteroatoms. The summed E-state index contributed by atoms with van der Waals surface area (Å²) in [6, 6.07) is 18.0. The fourth-order valence-electron chi connectivity index (χ4n) is 4.77. The van der Waals surface area contributed by atoms with E-state index in [0.29, 0.717) is 37.7 Å². The normalized spacial score (nSPS) is 14.1. The van der Waals surface area contributed by atoms with Gasteiger partial charge in [-0.2, -0.15) is 4.98 Å². The summed E-state index contributed by atoms with van der Waals surface area (Å²) in [6.07, 6.45) is 4.37. The number of anilines is 1. The summed E-state index contributed by atoms with van der Waals surface area (Å²) in [5.74, 6) is 1.86. The zero-order valence-electron chi connectivity index (χ0n) is 20.2. The van der Waals surface area contributed by atoms with Gasteiger partial charge in [0.2, 0.25) is 0 Å². The molecule has 8 nitrogen and oxygen atoms in total. The van der Waals surface area contributed by atoms with E-state index in [9.17, 15) is 4.79 Å². The van der Waals surface area contributed by atoms with Crippen molar-refractivity contribution in [2.45, 2.75) is 26.2 Å². The number of carbonyl (C=O) groups excluding carboxylic acids is 1. The van der Waals surface area contributed by atoms with E-state index in [4.69, 9.17) is 18.9 Å². The van der Waals surface area contributed by atoms with Crippen LogP contribution in [0.3, 0.4) is 0 Å². The second-order valence-electron chi connectivity index (χ2n) is 9.10. The predicted molar refractivity (Wildman–Crippen MR) is 138 cm³/mol. The monoisotopic (exact) mass is 481 g/mol. The molecule has 1 amide bonds. The van der Waals surface area contributed by atoms with E-state index in [-0.39, 0.29) is 5.91 Å². The Morgan fingerprint density at radius 3 is 2.58 bits per heavy atom. The molecule has 3 aromatic heterocycles. The van der Waals surface area contributed by atoms with Gasteiger partial charge in [-0.1, -0.05) is 54.9 Å². The van der Waals surface area contributed by atoms with Gasteiger partial charge in [-0.25, -0.2) is 4.98 Å². The van der Waals surface area contributed by atoms with Crippen LogP contribution in [0.4, 0.5) is 5.82 Å². The molecular weight excluding hydrogens is 454 g/mol. The number of furan rings is 1. The van der Waals surface area contributed by atoms with E-state index >= 15 is 0 Å². The van der Waals surface area contributed by atoms with E-state index in [2.05, 4.69) is 47.3 Å². The average Bonchev–Trinajstić information content (AvgIpc) is 3.62. The Labute approximate surface area is 208 Å². The van der Waals surface area contributed by atoms with Crippen LogP contribution >= 0.6 is 0 Å². The van der Waals surface area contributed by atoms with Gasteiger partial charge in [0, 0.05) is 38.2 Å². The van der Waals surface area contributed by atoms with Gasteiger partial charge in [0.05, 0.1) is 6.26 Å². The van der Waals surface area contributed by atoms with Crippen molar-refractivity contribution in [3.05, 3.63) is 72.4 Å². The number of unbranched alkanes of at least 4 members (excludes halogenated alkanes) is 1. The van der Waals surface area contributed by atoms with Crippen LogP contribution in [0.15, 0.2) is 69.8 Å². The Kier molecular flexibility index (Phi) is 5.85.